The Hall–Kier alpha value is -3.47. The molecule has 0 saturated carbocycles. The normalized spacial score (nSPS) is 15.2. The van der Waals surface area contributed by atoms with Crippen LogP contribution in [0, 0.1) is 22.9 Å². The molecule has 1 heterocycles. The van der Waals surface area contributed by atoms with E-state index in [2.05, 4.69) is 10.6 Å². The summed E-state index contributed by atoms with van der Waals surface area (Å²) < 4.78 is 51.0. The molecule has 0 bridgehead atoms. The van der Waals surface area contributed by atoms with Gasteiger partial charge in [-0.2, -0.15) is 0 Å². The topological polar surface area (TPSA) is 106 Å². The van der Waals surface area contributed by atoms with Crippen molar-refractivity contribution in [3.05, 3.63) is 59.4 Å². The molecule has 1 atom stereocenters. The molecule has 0 spiro atoms. The highest BCUT2D eigenvalue weighted by molar-refractivity contribution is 5.93. The fraction of sp³-hybridized carbons (Fsp3) is 0.364. The molecule has 11 heteroatoms. The minimum Gasteiger partial charge on any atom is -0.497 e. The first-order valence-corrected chi connectivity index (χ1v) is 10.1. The number of anilines is 1. The first-order valence-electron chi connectivity index (χ1n) is 10.1. The minimum atomic E-state index is -1.58. The SMILES string of the molecule is COc1ccc(NC(Cc2cc(F)c(F)c(F)c2)NC(=O)N(CC2(C)COC2)C(N)=O)cc1. The highest BCUT2D eigenvalue weighted by Gasteiger charge is 2.38. The number of benzene rings is 2. The number of urea groups is 2. The Labute approximate surface area is 188 Å². The number of nitrogens with one attached hydrogen (secondary N) is 2. The summed E-state index contributed by atoms with van der Waals surface area (Å²) in [5.74, 6) is -3.69. The monoisotopic (exact) mass is 466 g/mol. The molecule has 1 aliphatic rings. The van der Waals surface area contributed by atoms with Crippen molar-refractivity contribution >= 4 is 17.7 Å². The number of primary amides is 1. The van der Waals surface area contributed by atoms with Gasteiger partial charge in [-0.25, -0.2) is 27.7 Å². The van der Waals surface area contributed by atoms with E-state index in [9.17, 15) is 22.8 Å². The number of rotatable bonds is 8. The number of hydrogen-bond donors (Lipinski definition) is 3. The van der Waals surface area contributed by atoms with E-state index in [0.717, 1.165) is 17.0 Å². The third-order valence-corrected chi connectivity index (χ3v) is 5.16. The summed E-state index contributed by atoms with van der Waals surface area (Å²) >= 11 is 0. The van der Waals surface area contributed by atoms with Crippen molar-refractivity contribution in [1.29, 1.82) is 0 Å². The zero-order chi connectivity index (χ0) is 24.2. The lowest BCUT2D eigenvalue weighted by molar-refractivity contribution is -0.106. The average Bonchev–Trinajstić information content (AvgIpc) is 2.74. The minimum absolute atomic E-state index is 0.0310. The Morgan fingerprint density at radius 1 is 1.18 bits per heavy atom. The molecule has 4 N–H and O–H groups in total. The van der Waals surface area contributed by atoms with Gasteiger partial charge in [-0.1, -0.05) is 6.92 Å². The number of nitrogens with zero attached hydrogens (tertiary/aromatic N) is 1. The molecule has 0 radical (unpaired) electrons. The summed E-state index contributed by atoms with van der Waals surface area (Å²) in [6.07, 6.45) is -1.05. The number of hydrogen-bond acceptors (Lipinski definition) is 5. The number of methoxy groups -OCH3 is 1. The maximum Gasteiger partial charge on any atom is 0.327 e. The van der Waals surface area contributed by atoms with Crippen LogP contribution in [-0.2, 0) is 11.2 Å². The predicted molar refractivity (Wildman–Crippen MR) is 114 cm³/mol. The van der Waals surface area contributed by atoms with Crippen LogP contribution < -0.4 is 21.1 Å². The molecule has 3 rings (SSSR count). The van der Waals surface area contributed by atoms with Gasteiger partial charge in [0.2, 0.25) is 0 Å². The third kappa shape index (κ3) is 6.07. The molecule has 33 heavy (non-hydrogen) atoms. The smallest absolute Gasteiger partial charge is 0.327 e. The molecular formula is C22H25F3N4O4. The number of carbonyl (C=O) groups is 2. The average molecular weight is 466 g/mol. The van der Waals surface area contributed by atoms with Crippen LogP contribution in [0.5, 0.6) is 5.75 Å². The number of nitrogens with two attached hydrogens (primary N) is 1. The molecule has 1 unspecified atom stereocenters. The van der Waals surface area contributed by atoms with Gasteiger partial charge in [0.15, 0.2) is 17.5 Å². The highest BCUT2D eigenvalue weighted by Crippen LogP contribution is 2.27. The number of amides is 4. The van der Waals surface area contributed by atoms with E-state index in [4.69, 9.17) is 15.2 Å². The summed E-state index contributed by atoms with van der Waals surface area (Å²) in [7, 11) is 1.51. The van der Waals surface area contributed by atoms with E-state index in [1.807, 2.05) is 6.92 Å². The molecule has 1 fully saturated rings. The first-order chi connectivity index (χ1) is 15.6. The summed E-state index contributed by atoms with van der Waals surface area (Å²) in [5.41, 5.74) is 5.62. The lowest BCUT2D eigenvalue weighted by atomic mass is 9.88. The maximum absolute atomic E-state index is 13.7. The fourth-order valence-electron chi connectivity index (χ4n) is 3.39. The van der Waals surface area contributed by atoms with E-state index in [0.29, 0.717) is 24.7 Å². The first kappa shape index (κ1) is 24.2. The van der Waals surface area contributed by atoms with Gasteiger partial charge < -0.3 is 25.8 Å². The predicted octanol–water partition coefficient (Wildman–Crippen LogP) is 3.22. The Balaban J connectivity index is 1.81. The van der Waals surface area contributed by atoms with Crippen molar-refractivity contribution in [1.82, 2.24) is 10.2 Å². The summed E-state index contributed by atoms with van der Waals surface area (Å²) in [4.78, 5) is 25.7. The quantitative estimate of drug-likeness (QED) is 0.409. The van der Waals surface area contributed by atoms with Gasteiger partial charge in [-0.15, -0.1) is 0 Å². The standard InChI is InChI=1S/C22H25F3N4O4/c1-22(11-33-12-22)10-29(20(26)30)21(31)28-18(27-14-3-5-15(32-2)6-4-14)9-13-7-16(23)19(25)17(24)8-13/h3-8,18,27H,9-12H2,1-2H3,(H2,26,30)(H,28,31). The molecule has 0 aliphatic carbocycles. The fourth-order valence-corrected chi connectivity index (χ4v) is 3.39. The second kappa shape index (κ2) is 9.99. The largest absolute Gasteiger partial charge is 0.497 e. The van der Waals surface area contributed by atoms with Crippen LogP contribution in [0.4, 0.5) is 28.4 Å². The van der Waals surface area contributed by atoms with E-state index >= 15 is 0 Å². The Morgan fingerprint density at radius 2 is 1.79 bits per heavy atom. The van der Waals surface area contributed by atoms with Crippen LogP contribution in [-0.4, -0.2) is 50.0 Å². The van der Waals surface area contributed by atoms with E-state index < -0.39 is 41.1 Å². The van der Waals surface area contributed by atoms with Crippen LogP contribution >= 0.6 is 0 Å². The van der Waals surface area contributed by atoms with Crippen LogP contribution in [0.15, 0.2) is 36.4 Å². The van der Waals surface area contributed by atoms with Gasteiger partial charge in [0.1, 0.15) is 11.9 Å². The summed E-state index contributed by atoms with van der Waals surface area (Å²) in [5, 5.41) is 5.63. The molecule has 8 nitrogen and oxygen atoms in total. The van der Waals surface area contributed by atoms with Gasteiger partial charge in [0.05, 0.1) is 20.3 Å². The van der Waals surface area contributed by atoms with Crippen molar-refractivity contribution in [3.63, 3.8) is 0 Å². The molecule has 1 aliphatic heterocycles. The van der Waals surface area contributed by atoms with Gasteiger partial charge >= 0.3 is 12.1 Å². The molecule has 2 aromatic rings. The molecule has 1 saturated heterocycles. The van der Waals surface area contributed by atoms with E-state index in [-0.39, 0.29) is 18.5 Å². The third-order valence-electron chi connectivity index (χ3n) is 5.16. The summed E-state index contributed by atoms with van der Waals surface area (Å²) in [6, 6.07) is 6.60. The lowest BCUT2D eigenvalue weighted by Crippen LogP contribution is -2.58. The van der Waals surface area contributed by atoms with E-state index in [1.165, 1.54) is 7.11 Å². The Morgan fingerprint density at radius 3 is 2.27 bits per heavy atom. The molecule has 2 aromatic carbocycles. The second-order valence-corrected chi connectivity index (χ2v) is 8.18. The maximum atomic E-state index is 13.7. The summed E-state index contributed by atoms with van der Waals surface area (Å²) in [6.45, 7) is 2.61. The Kier molecular flexibility index (Phi) is 7.32. The lowest BCUT2D eigenvalue weighted by Gasteiger charge is -2.40. The van der Waals surface area contributed by atoms with Gasteiger partial charge in [0, 0.05) is 24.1 Å². The molecule has 178 valence electrons. The molecular weight excluding hydrogens is 441 g/mol. The van der Waals surface area contributed by atoms with Crippen molar-refractivity contribution in [3.8, 4) is 5.75 Å². The number of carbonyl (C=O) groups excluding carboxylic acids is 2. The van der Waals surface area contributed by atoms with Crippen LogP contribution in [0.2, 0.25) is 0 Å². The van der Waals surface area contributed by atoms with Gasteiger partial charge in [-0.3, -0.25) is 0 Å². The van der Waals surface area contributed by atoms with E-state index in [1.54, 1.807) is 24.3 Å². The van der Waals surface area contributed by atoms with Crippen LogP contribution in [0.1, 0.15) is 12.5 Å². The number of ether oxygens (including phenoxy) is 2. The van der Waals surface area contributed by atoms with Crippen molar-refractivity contribution in [2.45, 2.75) is 19.5 Å². The van der Waals surface area contributed by atoms with Crippen molar-refractivity contribution in [2.75, 3.05) is 32.2 Å². The van der Waals surface area contributed by atoms with Gasteiger partial charge in [0.25, 0.3) is 0 Å². The Bertz CT molecular complexity index is 992. The number of imide groups is 1. The van der Waals surface area contributed by atoms with Gasteiger partial charge in [-0.05, 0) is 42.0 Å². The van der Waals surface area contributed by atoms with Crippen LogP contribution in [0.25, 0.3) is 0 Å². The highest BCUT2D eigenvalue weighted by atomic mass is 19.2. The number of halogens is 3. The molecule has 0 aromatic heterocycles. The zero-order valence-corrected chi connectivity index (χ0v) is 18.2. The zero-order valence-electron chi connectivity index (χ0n) is 18.2. The van der Waals surface area contributed by atoms with Crippen molar-refractivity contribution < 1.29 is 32.2 Å². The second-order valence-electron chi connectivity index (χ2n) is 8.18. The van der Waals surface area contributed by atoms with Crippen LogP contribution in [0.3, 0.4) is 0 Å². The van der Waals surface area contributed by atoms with Crippen molar-refractivity contribution in [2.24, 2.45) is 11.1 Å². The molecule has 4 amide bonds.